The number of nitrogens with zero attached hydrogens (tertiary/aromatic N) is 2. The summed E-state index contributed by atoms with van der Waals surface area (Å²) in [4.78, 5) is 18.8. The van der Waals surface area contributed by atoms with E-state index in [9.17, 15) is 4.79 Å². The van der Waals surface area contributed by atoms with Crippen molar-refractivity contribution < 1.29 is 9.53 Å². The first-order valence-corrected chi connectivity index (χ1v) is 10.2. The molecule has 1 saturated heterocycles. The van der Waals surface area contributed by atoms with Gasteiger partial charge < -0.3 is 20.3 Å². The smallest absolute Gasteiger partial charge is 0.222 e. The largest absolute Gasteiger partial charge is 0.490 e. The molecule has 7 heteroatoms. The van der Waals surface area contributed by atoms with Crippen molar-refractivity contribution in [1.82, 2.24) is 15.5 Å². The number of ether oxygens (including phenoxy) is 1. The second-order valence-corrected chi connectivity index (χ2v) is 6.98. The molecule has 0 aliphatic carbocycles. The molecule has 0 saturated carbocycles. The minimum atomic E-state index is 0. The van der Waals surface area contributed by atoms with Crippen LogP contribution < -0.4 is 15.4 Å². The number of carbonyl (C=O) groups excluding carboxylic acids is 1. The van der Waals surface area contributed by atoms with E-state index >= 15 is 0 Å². The summed E-state index contributed by atoms with van der Waals surface area (Å²) in [6, 6.07) is 10.2. The van der Waals surface area contributed by atoms with Crippen LogP contribution in [0.5, 0.6) is 5.75 Å². The highest BCUT2D eigenvalue weighted by Gasteiger charge is 2.22. The number of carbonyl (C=O) groups is 1. The Morgan fingerprint density at radius 3 is 2.54 bits per heavy atom. The van der Waals surface area contributed by atoms with E-state index in [1.165, 1.54) is 0 Å². The van der Waals surface area contributed by atoms with Crippen molar-refractivity contribution >= 4 is 35.8 Å². The predicted molar refractivity (Wildman–Crippen MR) is 126 cm³/mol. The lowest BCUT2D eigenvalue weighted by Gasteiger charge is -2.34. The zero-order valence-corrected chi connectivity index (χ0v) is 19.6. The molecule has 2 rings (SSSR count). The molecule has 1 fully saturated rings. The third-order valence-electron chi connectivity index (χ3n) is 4.74. The molecule has 1 unspecified atom stereocenters. The maximum Gasteiger partial charge on any atom is 0.222 e. The van der Waals surface area contributed by atoms with Gasteiger partial charge in [0.15, 0.2) is 5.96 Å². The summed E-state index contributed by atoms with van der Waals surface area (Å²) in [5.41, 5.74) is 0. The van der Waals surface area contributed by atoms with Crippen LogP contribution in [0.2, 0.25) is 0 Å². The highest BCUT2D eigenvalue weighted by Crippen LogP contribution is 2.18. The van der Waals surface area contributed by atoms with Crippen LogP contribution in [-0.4, -0.2) is 55.1 Å². The predicted octanol–water partition coefficient (Wildman–Crippen LogP) is 3.42. The number of amides is 1. The molecule has 0 bridgehead atoms. The quantitative estimate of drug-likeness (QED) is 0.325. The van der Waals surface area contributed by atoms with Crippen LogP contribution in [0.4, 0.5) is 0 Å². The van der Waals surface area contributed by atoms with Gasteiger partial charge in [-0.05, 0) is 32.4 Å². The van der Waals surface area contributed by atoms with Gasteiger partial charge in [-0.3, -0.25) is 9.79 Å². The van der Waals surface area contributed by atoms with Gasteiger partial charge in [0.2, 0.25) is 5.91 Å². The van der Waals surface area contributed by atoms with Crippen LogP contribution >= 0.6 is 24.0 Å². The fourth-order valence-electron chi connectivity index (χ4n) is 3.02. The maximum absolute atomic E-state index is 11.9. The van der Waals surface area contributed by atoms with Gasteiger partial charge in [0.1, 0.15) is 11.9 Å². The lowest BCUT2D eigenvalue weighted by Crippen LogP contribution is -2.47. The molecule has 0 spiro atoms. The number of hydrogen-bond donors (Lipinski definition) is 2. The molecule has 1 amide bonds. The normalized spacial score (nSPS) is 16.1. The number of benzene rings is 1. The van der Waals surface area contributed by atoms with Crippen molar-refractivity contribution in [2.45, 2.75) is 58.6 Å². The van der Waals surface area contributed by atoms with Gasteiger partial charge in [0.25, 0.3) is 0 Å². The van der Waals surface area contributed by atoms with Gasteiger partial charge in [-0.2, -0.15) is 0 Å². The Labute approximate surface area is 186 Å². The molecule has 2 N–H and O–H groups in total. The number of hydrogen-bond acceptors (Lipinski definition) is 3. The number of piperidine rings is 1. The highest BCUT2D eigenvalue weighted by molar-refractivity contribution is 14.0. The fraction of sp³-hybridized carbons (Fsp3) is 0.619. The van der Waals surface area contributed by atoms with Crippen molar-refractivity contribution in [2.75, 3.05) is 26.2 Å². The third-order valence-corrected chi connectivity index (χ3v) is 4.74. The third kappa shape index (κ3) is 8.67. The molecule has 1 aromatic carbocycles. The summed E-state index contributed by atoms with van der Waals surface area (Å²) < 4.78 is 6.06. The van der Waals surface area contributed by atoms with E-state index < -0.39 is 0 Å². The standard InChI is InChI=1S/C21H34N4O2.HI/c1-4-17(3)24-20(26)11-14-23-21(22-5-2)25-15-12-19(13-16-25)27-18-9-7-6-8-10-18;/h6-10,17,19H,4-5,11-16H2,1-3H3,(H,22,23)(H,24,26);1H. The molecule has 158 valence electrons. The lowest BCUT2D eigenvalue weighted by molar-refractivity contribution is -0.121. The molecule has 0 aromatic heterocycles. The van der Waals surface area contributed by atoms with E-state index in [4.69, 9.17) is 4.74 Å². The van der Waals surface area contributed by atoms with Crippen LogP contribution in [-0.2, 0) is 4.79 Å². The Bertz CT molecular complexity index is 589. The Morgan fingerprint density at radius 1 is 1.25 bits per heavy atom. The van der Waals surface area contributed by atoms with E-state index in [1.54, 1.807) is 0 Å². The molecular formula is C21H35IN4O2. The van der Waals surface area contributed by atoms with Gasteiger partial charge in [-0.15, -0.1) is 24.0 Å². The first kappa shape index (κ1) is 24.5. The van der Waals surface area contributed by atoms with E-state index in [0.717, 1.165) is 50.6 Å². The topological polar surface area (TPSA) is 66.0 Å². The van der Waals surface area contributed by atoms with Gasteiger partial charge in [0.05, 0.1) is 6.54 Å². The zero-order chi connectivity index (χ0) is 19.5. The maximum atomic E-state index is 11.9. The van der Waals surface area contributed by atoms with Gasteiger partial charge in [-0.1, -0.05) is 25.1 Å². The molecule has 6 nitrogen and oxygen atoms in total. The number of halogens is 1. The Hall–Kier alpha value is -1.51. The number of aliphatic imine (C=N–C) groups is 1. The first-order valence-electron chi connectivity index (χ1n) is 10.2. The van der Waals surface area contributed by atoms with Crippen LogP contribution in [0.25, 0.3) is 0 Å². The number of para-hydroxylation sites is 1. The molecule has 1 aliphatic rings. The zero-order valence-electron chi connectivity index (χ0n) is 17.3. The van der Waals surface area contributed by atoms with Crippen molar-refractivity contribution in [3.63, 3.8) is 0 Å². The van der Waals surface area contributed by atoms with Crippen LogP contribution in [0.1, 0.15) is 46.5 Å². The fourth-order valence-corrected chi connectivity index (χ4v) is 3.02. The number of likely N-dealkylation sites (tertiary alicyclic amines) is 1. The van der Waals surface area contributed by atoms with Gasteiger partial charge >= 0.3 is 0 Å². The first-order chi connectivity index (χ1) is 13.1. The lowest BCUT2D eigenvalue weighted by atomic mass is 10.1. The second-order valence-electron chi connectivity index (χ2n) is 6.98. The Kier molecular flexibility index (Phi) is 11.9. The number of guanidine groups is 1. The SMILES string of the molecule is CCNC(=NCCC(=O)NC(C)CC)N1CCC(Oc2ccccc2)CC1.I. The molecule has 28 heavy (non-hydrogen) atoms. The average Bonchev–Trinajstić information content (AvgIpc) is 2.68. The summed E-state index contributed by atoms with van der Waals surface area (Å²) in [5, 5.41) is 6.33. The van der Waals surface area contributed by atoms with Crippen molar-refractivity contribution in [1.29, 1.82) is 0 Å². The minimum absolute atomic E-state index is 0. The van der Waals surface area contributed by atoms with E-state index in [-0.39, 0.29) is 42.0 Å². The summed E-state index contributed by atoms with van der Waals surface area (Å²) >= 11 is 0. The Balaban J connectivity index is 0.00000392. The molecule has 0 radical (unpaired) electrons. The summed E-state index contributed by atoms with van der Waals surface area (Å²) in [6.07, 6.45) is 3.54. The minimum Gasteiger partial charge on any atom is -0.490 e. The van der Waals surface area contributed by atoms with Crippen LogP contribution in [0, 0.1) is 0 Å². The average molecular weight is 502 g/mol. The number of rotatable bonds is 8. The molecule has 1 heterocycles. The van der Waals surface area contributed by atoms with Gasteiger partial charge in [-0.25, -0.2) is 0 Å². The summed E-state index contributed by atoms with van der Waals surface area (Å²) in [5.74, 6) is 1.90. The van der Waals surface area contributed by atoms with Crippen LogP contribution in [0.15, 0.2) is 35.3 Å². The Morgan fingerprint density at radius 2 is 1.93 bits per heavy atom. The van der Waals surface area contributed by atoms with Crippen molar-refractivity contribution in [3.8, 4) is 5.75 Å². The monoisotopic (exact) mass is 502 g/mol. The highest BCUT2D eigenvalue weighted by atomic mass is 127. The summed E-state index contributed by atoms with van der Waals surface area (Å²) in [6.45, 7) is 9.29. The van der Waals surface area contributed by atoms with E-state index in [2.05, 4.69) is 34.4 Å². The molecule has 1 aromatic rings. The second kappa shape index (κ2) is 13.6. The van der Waals surface area contributed by atoms with E-state index in [1.807, 2.05) is 37.3 Å². The van der Waals surface area contributed by atoms with Crippen LogP contribution in [0.3, 0.4) is 0 Å². The molecule has 1 aliphatic heterocycles. The van der Waals surface area contributed by atoms with Gasteiger partial charge in [0, 0.05) is 44.9 Å². The molecular weight excluding hydrogens is 467 g/mol. The number of nitrogens with one attached hydrogen (secondary N) is 2. The molecule has 1 atom stereocenters. The summed E-state index contributed by atoms with van der Waals surface area (Å²) in [7, 11) is 0. The van der Waals surface area contributed by atoms with Crippen molar-refractivity contribution in [3.05, 3.63) is 30.3 Å². The van der Waals surface area contributed by atoms with E-state index in [0.29, 0.717) is 13.0 Å². The van der Waals surface area contributed by atoms with Crippen molar-refractivity contribution in [2.24, 2.45) is 4.99 Å².